The predicted molar refractivity (Wildman–Crippen MR) is 139 cm³/mol. The first-order valence-corrected chi connectivity index (χ1v) is 13.1. The topological polar surface area (TPSA) is 131 Å². The second kappa shape index (κ2) is 16.0. The van der Waals surface area contributed by atoms with Crippen LogP contribution in [-0.4, -0.2) is 43.1 Å². The van der Waals surface area contributed by atoms with E-state index in [4.69, 9.17) is 24.7 Å². The van der Waals surface area contributed by atoms with Gasteiger partial charge in [0.15, 0.2) is 11.5 Å². The molecule has 0 aliphatic heterocycles. The molecule has 2 atom stereocenters. The summed E-state index contributed by atoms with van der Waals surface area (Å²) < 4.78 is 21.2. The number of methoxy groups -OCH3 is 1. The molecule has 37 heavy (non-hydrogen) atoms. The van der Waals surface area contributed by atoms with E-state index >= 15 is 0 Å². The summed E-state index contributed by atoms with van der Waals surface area (Å²) >= 11 is 0. The van der Waals surface area contributed by atoms with Crippen LogP contribution in [0.4, 0.5) is 0 Å². The van der Waals surface area contributed by atoms with Crippen LogP contribution in [0.25, 0.3) is 0 Å². The number of nitrogens with two attached hydrogens (primary N) is 1. The van der Waals surface area contributed by atoms with Crippen molar-refractivity contribution < 1.29 is 38.1 Å². The Labute approximate surface area is 220 Å². The molecule has 0 radical (unpaired) electrons. The van der Waals surface area contributed by atoms with Gasteiger partial charge in [-0.15, -0.1) is 0 Å². The van der Waals surface area contributed by atoms with Gasteiger partial charge in [-0.25, -0.2) is 0 Å². The minimum Gasteiger partial charge on any atom is -0.468 e. The smallest absolute Gasteiger partial charge is 0.326 e. The summed E-state index contributed by atoms with van der Waals surface area (Å²) in [5.41, 5.74) is 5.49. The molecule has 9 nitrogen and oxygen atoms in total. The molecule has 1 aromatic carbocycles. The highest BCUT2D eigenvalue weighted by atomic mass is 16.6. The van der Waals surface area contributed by atoms with Gasteiger partial charge >= 0.3 is 23.9 Å². The van der Waals surface area contributed by atoms with Gasteiger partial charge in [0, 0.05) is 25.7 Å². The standard InChI is InChI=1S/C28H43NO8/c1-7-9-11-24(30)36-22-14-13-21(17-23(22)37-25(31)12-10-8-2)18-28(29,27(33)34-6)15-16-35-26(32)20(5)19(3)4/h13-14,17,19-20H,7-12,15-16,18,29H2,1-6H3/t20-,28?/m0/s1. The lowest BCUT2D eigenvalue weighted by atomic mass is 9.88. The maximum Gasteiger partial charge on any atom is 0.326 e. The molecule has 0 aliphatic rings. The molecule has 0 saturated carbocycles. The minimum absolute atomic E-state index is 0.0144. The molecule has 0 bridgehead atoms. The molecule has 1 aromatic rings. The van der Waals surface area contributed by atoms with Gasteiger partial charge in [-0.3, -0.25) is 19.2 Å². The SMILES string of the molecule is CCCCC(=O)Oc1ccc(CC(N)(CCOC(=O)[C@@H](C)C(C)C)C(=O)OC)cc1OC(=O)CCCC. The summed E-state index contributed by atoms with van der Waals surface area (Å²) in [6.45, 7) is 9.49. The third-order valence-electron chi connectivity index (χ3n) is 6.20. The number of rotatable bonds is 16. The lowest BCUT2D eigenvalue weighted by molar-refractivity contribution is -0.153. The van der Waals surface area contributed by atoms with Crippen LogP contribution >= 0.6 is 0 Å². The van der Waals surface area contributed by atoms with Gasteiger partial charge in [0.05, 0.1) is 19.6 Å². The van der Waals surface area contributed by atoms with E-state index in [2.05, 4.69) is 0 Å². The highest BCUT2D eigenvalue weighted by Crippen LogP contribution is 2.31. The number of carbonyl (C=O) groups excluding carboxylic acids is 4. The zero-order valence-electron chi connectivity index (χ0n) is 23.1. The third-order valence-corrected chi connectivity index (χ3v) is 6.20. The number of ether oxygens (including phenoxy) is 4. The molecule has 0 spiro atoms. The van der Waals surface area contributed by atoms with E-state index in [0.29, 0.717) is 18.4 Å². The van der Waals surface area contributed by atoms with Gasteiger partial charge in [0.25, 0.3) is 0 Å². The first-order chi connectivity index (χ1) is 17.5. The Bertz CT molecular complexity index is 913. The minimum atomic E-state index is -1.50. The zero-order valence-corrected chi connectivity index (χ0v) is 23.1. The number of hydrogen-bond acceptors (Lipinski definition) is 9. The summed E-state index contributed by atoms with van der Waals surface area (Å²) in [6.07, 6.45) is 3.49. The lowest BCUT2D eigenvalue weighted by Crippen LogP contribution is -2.51. The van der Waals surface area contributed by atoms with Crippen molar-refractivity contribution in [2.75, 3.05) is 13.7 Å². The fourth-order valence-electron chi connectivity index (χ4n) is 3.38. The van der Waals surface area contributed by atoms with Crippen LogP contribution in [0.2, 0.25) is 0 Å². The van der Waals surface area contributed by atoms with Crippen LogP contribution in [0, 0.1) is 11.8 Å². The van der Waals surface area contributed by atoms with E-state index in [1.165, 1.54) is 19.2 Å². The van der Waals surface area contributed by atoms with Crippen molar-refractivity contribution in [3.63, 3.8) is 0 Å². The maximum atomic E-state index is 12.6. The van der Waals surface area contributed by atoms with Crippen LogP contribution in [0.15, 0.2) is 18.2 Å². The van der Waals surface area contributed by atoms with Gasteiger partial charge < -0.3 is 24.7 Å². The molecule has 0 amide bonds. The van der Waals surface area contributed by atoms with Gasteiger partial charge in [0.2, 0.25) is 0 Å². The van der Waals surface area contributed by atoms with Crippen LogP contribution in [0.5, 0.6) is 11.5 Å². The number of carbonyl (C=O) groups is 4. The molecule has 0 fully saturated rings. The zero-order chi connectivity index (χ0) is 28.0. The molecule has 0 aliphatic carbocycles. The summed E-state index contributed by atoms with van der Waals surface area (Å²) in [7, 11) is 1.23. The Kier molecular flexibility index (Phi) is 13.9. The average Bonchev–Trinajstić information content (AvgIpc) is 2.86. The average molecular weight is 522 g/mol. The van der Waals surface area contributed by atoms with Crippen LogP contribution in [0.1, 0.15) is 85.1 Å². The van der Waals surface area contributed by atoms with Crippen molar-refractivity contribution >= 4 is 23.9 Å². The fourth-order valence-corrected chi connectivity index (χ4v) is 3.38. The van der Waals surface area contributed by atoms with Gasteiger partial charge in [-0.05, 0) is 36.5 Å². The maximum absolute atomic E-state index is 12.6. The first-order valence-electron chi connectivity index (χ1n) is 13.1. The van der Waals surface area contributed by atoms with Crippen molar-refractivity contribution in [2.45, 2.75) is 91.5 Å². The molecule has 1 unspecified atom stereocenters. The number of esters is 4. The van der Waals surface area contributed by atoms with Gasteiger partial charge in [0.1, 0.15) is 5.54 Å². The van der Waals surface area contributed by atoms with Gasteiger partial charge in [-0.2, -0.15) is 0 Å². The summed E-state index contributed by atoms with van der Waals surface area (Å²) in [5, 5.41) is 0. The highest BCUT2D eigenvalue weighted by Gasteiger charge is 2.36. The summed E-state index contributed by atoms with van der Waals surface area (Å²) in [6, 6.07) is 4.69. The summed E-state index contributed by atoms with van der Waals surface area (Å²) in [5.74, 6) is -1.90. The van der Waals surface area contributed by atoms with Gasteiger partial charge in [-0.1, -0.05) is 53.5 Å². The van der Waals surface area contributed by atoms with Crippen LogP contribution in [0.3, 0.4) is 0 Å². The molecule has 9 heteroatoms. The second-order valence-electron chi connectivity index (χ2n) is 9.71. The van der Waals surface area contributed by atoms with E-state index in [-0.39, 0.29) is 61.6 Å². The molecule has 1 rings (SSSR count). The molecule has 0 aromatic heterocycles. The van der Waals surface area contributed by atoms with E-state index in [1.807, 2.05) is 27.7 Å². The molecule has 0 heterocycles. The van der Waals surface area contributed by atoms with E-state index in [9.17, 15) is 19.2 Å². The second-order valence-corrected chi connectivity index (χ2v) is 9.71. The van der Waals surface area contributed by atoms with E-state index < -0.39 is 23.4 Å². The Hall–Kier alpha value is -2.94. The predicted octanol–water partition coefficient (Wildman–Crippen LogP) is 4.52. The monoisotopic (exact) mass is 521 g/mol. The molecular weight excluding hydrogens is 478 g/mol. The van der Waals surface area contributed by atoms with Crippen molar-refractivity contribution in [3.8, 4) is 11.5 Å². The van der Waals surface area contributed by atoms with Crippen molar-refractivity contribution in [1.82, 2.24) is 0 Å². The Morgan fingerprint density at radius 1 is 0.919 bits per heavy atom. The number of benzene rings is 1. The molecule has 0 saturated heterocycles. The number of unbranched alkanes of at least 4 members (excludes halogenated alkanes) is 2. The molecule has 2 N–H and O–H groups in total. The van der Waals surface area contributed by atoms with E-state index in [1.54, 1.807) is 13.0 Å². The molecule has 208 valence electrons. The molecular formula is C28H43NO8. The Morgan fingerprint density at radius 2 is 1.49 bits per heavy atom. The normalized spacial score (nSPS) is 13.4. The van der Waals surface area contributed by atoms with Crippen LogP contribution in [-0.2, 0) is 35.1 Å². The summed E-state index contributed by atoms with van der Waals surface area (Å²) in [4.78, 5) is 49.4. The number of hydrogen-bond donors (Lipinski definition) is 1. The fraction of sp³-hybridized carbons (Fsp3) is 0.643. The van der Waals surface area contributed by atoms with Crippen molar-refractivity contribution in [3.05, 3.63) is 23.8 Å². The Morgan fingerprint density at radius 3 is 2.00 bits per heavy atom. The highest BCUT2D eigenvalue weighted by molar-refractivity contribution is 5.81. The largest absolute Gasteiger partial charge is 0.468 e. The quantitative estimate of drug-likeness (QED) is 0.246. The third kappa shape index (κ3) is 10.9. The Balaban J connectivity index is 3.13. The van der Waals surface area contributed by atoms with Crippen LogP contribution < -0.4 is 15.2 Å². The first kappa shape index (κ1) is 32.1. The van der Waals surface area contributed by atoms with E-state index in [0.717, 1.165) is 12.8 Å². The van der Waals surface area contributed by atoms with Crippen molar-refractivity contribution in [1.29, 1.82) is 0 Å². The lowest BCUT2D eigenvalue weighted by Gasteiger charge is -2.27. The van der Waals surface area contributed by atoms with Crippen molar-refractivity contribution in [2.24, 2.45) is 17.6 Å².